The second-order valence-electron chi connectivity index (χ2n) is 4.88. The van der Waals surface area contributed by atoms with E-state index in [2.05, 4.69) is 15.3 Å². The Balaban J connectivity index is 2.12. The van der Waals surface area contributed by atoms with Gasteiger partial charge in [0.25, 0.3) is 0 Å². The summed E-state index contributed by atoms with van der Waals surface area (Å²) in [6.45, 7) is 2.25. The van der Waals surface area contributed by atoms with Crippen LogP contribution in [0.5, 0.6) is 0 Å². The molecular weight excluding hydrogens is 280 g/mol. The highest BCUT2D eigenvalue weighted by Gasteiger charge is 2.43. The van der Waals surface area contributed by atoms with Gasteiger partial charge in [0, 0.05) is 6.54 Å². The lowest BCUT2D eigenvalue weighted by Gasteiger charge is -2.16. The monoisotopic (exact) mass is 300 g/mol. The average Bonchev–Trinajstić information content (AvgIpc) is 2.76. The number of rotatable bonds is 6. The Morgan fingerprint density at radius 1 is 1.43 bits per heavy atom. The topological polar surface area (TPSA) is 130 Å². The summed E-state index contributed by atoms with van der Waals surface area (Å²) >= 11 is 0. The van der Waals surface area contributed by atoms with Crippen molar-refractivity contribution >= 4 is 5.95 Å². The van der Waals surface area contributed by atoms with Crippen molar-refractivity contribution in [2.24, 2.45) is 0 Å². The zero-order valence-electron chi connectivity index (χ0n) is 11.7. The highest BCUT2D eigenvalue weighted by Crippen LogP contribution is 2.27. The first-order chi connectivity index (χ1) is 10.1. The van der Waals surface area contributed by atoms with E-state index in [1.807, 2.05) is 6.92 Å². The van der Waals surface area contributed by atoms with Crippen LogP contribution < -0.4 is 11.0 Å². The summed E-state index contributed by atoms with van der Waals surface area (Å²) in [4.78, 5) is 19.7. The number of nitrogens with zero attached hydrogens (tertiary/aromatic N) is 3. The summed E-state index contributed by atoms with van der Waals surface area (Å²) in [6, 6.07) is 0. The molecule has 1 aromatic rings. The predicted molar refractivity (Wildman–Crippen MR) is 72.7 cm³/mol. The van der Waals surface area contributed by atoms with E-state index in [0.29, 0.717) is 6.54 Å². The molecule has 2 heterocycles. The molecule has 0 aliphatic carbocycles. The maximum Gasteiger partial charge on any atom is 0.354 e. The zero-order valence-corrected chi connectivity index (χ0v) is 11.7. The number of aromatic nitrogens is 3. The van der Waals surface area contributed by atoms with Gasteiger partial charge in [-0.05, 0) is 6.42 Å². The van der Waals surface area contributed by atoms with Crippen molar-refractivity contribution in [1.82, 2.24) is 14.5 Å². The van der Waals surface area contributed by atoms with Crippen molar-refractivity contribution in [2.75, 3.05) is 18.5 Å². The van der Waals surface area contributed by atoms with Crippen LogP contribution in [0.25, 0.3) is 0 Å². The Hall–Kier alpha value is -1.55. The quantitative estimate of drug-likeness (QED) is 0.465. The first-order valence-corrected chi connectivity index (χ1v) is 6.90. The molecule has 0 saturated carbocycles. The number of aliphatic hydroxyl groups excluding tert-OH is 3. The fourth-order valence-electron chi connectivity index (χ4n) is 2.09. The molecular formula is C12H20N4O5. The molecule has 1 fully saturated rings. The van der Waals surface area contributed by atoms with E-state index in [-0.39, 0.29) is 5.95 Å². The van der Waals surface area contributed by atoms with Gasteiger partial charge >= 0.3 is 5.69 Å². The fraction of sp³-hybridized carbons (Fsp3) is 0.750. The van der Waals surface area contributed by atoms with Gasteiger partial charge in [0.15, 0.2) is 6.23 Å². The first-order valence-electron chi connectivity index (χ1n) is 6.90. The highest BCUT2D eigenvalue weighted by atomic mass is 16.6. The minimum Gasteiger partial charge on any atom is -0.394 e. The Bertz CT molecular complexity index is 523. The smallest absolute Gasteiger partial charge is 0.354 e. The lowest BCUT2D eigenvalue weighted by atomic mass is 10.1. The summed E-state index contributed by atoms with van der Waals surface area (Å²) in [5.74, 6) is 0.205. The lowest BCUT2D eigenvalue weighted by molar-refractivity contribution is -0.0554. The van der Waals surface area contributed by atoms with Crippen LogP contribution in [0.3, 0.4) is 0 Å². The van der Waals surface area contributed by atoms with E-state index in [4.69, 9.17) is 9.84 Å². The molecule has 9 nitrogen and oxygen atoms in total. The van der Waals surface area contributed by atoms with Crippen LogP contribution in [0.4, 0.5) is 5.95 Å². The van der Waals surface area contributed by atoms with Crippen LogP contribution in [-0.4, -0.2) is 61.3 Å². The summed E-state index contributed by atoms with van der Waals surface area (Å²) in [6.07, 6.45) is -1.53. The molecule has 0 aromatic carbocycles. The molecule has 1 aliphatic rings. The van der Waals surface area contributed by atoms with Gasteiger partial charge in [0.2, 0.25) is 5.95 Å². The van der Waals surface area contributed by atoms with E-state index in [1.165, 1.54) is 6.33 Å². The number of aliphatic hydroxyl groups is 3. The first kappa shape index (κ1) is 15.8. The summed E-state index contributed by atoms with van der Waals surface area (Å²) in [7, 11) is 0. The Labute approximate surface area is 121 Å². The normalized spacial score (nSPS) is 28.8. The molecule has 1 aliphatic heterocycles. The van der Waals surface area contributed by atoms with Crippen molar-refractivity contribution in [3.05, 3.63) is 16.8 Å². The van der Waals surface area contributed by atoms with E-state index in [9.17, 15) is 15.0 Å². The number of anilines is 1. The number of ether oxygens (including phenoxy) is 1. The molecule has 0 spiro atoms. The Morgan fingerprint density at radius 3 is 2.76 bits per heavy atom. The van der Waals surface area contributed by atoms with E-state index < -0.39 is 36.8 Å². The number of unbranched alkanes of at least 4 members (excludes halogenated alkanes) is 1. The molecule has 0 unspecified atom stereocenters. The number of hydrogen-bond acceptors (Lipinski definition) is 8. The minimum atomic E-state index is -1.33. The van der Waals surface area contributed by atoms with Crippen molar-refractivity contribution in [1.29, 1.82) is 0 Å². The summed E-state index contributed by atoms with van der Waals surface area (Å²) in [5, 5.41) is 31.5. The van der Waals surface area contributed by atoms with E-state index in [1.54, 1.807) is 0 Å². The second-order valence-corrected chi connectivity index (χ2v) is 4.88. The standard InChI is InChI=1S/C12H20N4O5/c1-2-3-4-13-11-14-6-16(12(20)15-11)10-9(19)8(18)7(5-17)21-10/h6-10,17-19H,2-5H2,1H3,(H,13,15,20)/t7-,8-,9-,10-/m1/s1. The number of nitrogens with one attached hydrogen (secondary N) is 1. The van der Waals surface area contributed by atoms with Gasteiger partial charge in [-0.15, -0.1) is 0 Å². The molecule has 4 N–H and O–H groups in total. The van der Waals surface area contributed by atoms with Crippen LogP contribution in [0.15, 0.2) is 11.1 Å². The maximum atomic E-state index is 11.9. The van der Waals surface area contributed by atoms with Crippen LogP contribution in [0.1, 0.15) is 26.0 Å². The molecule has 2 rings (SSSR count). The third-order valence-corrected chi connectivity index (χ3v) is 3.33. The van der Waals surface area contributed by atoms with Gasteiger partial charge in [0.05, 0.1) is 6.61 Å². The molecule has 0 amide bonds. The van der Waals surface area contributed by atoms with Gasteiger partial charge in [0.1, 0.15) is 24.6 Å². The molecule has 0 radical (unpaired) electrons. The van der Waals surface area contributed by atoms with Gasteiger partial charge in [-0.2, -0.15) is 4.98 Å². The predicted octanol–water partition coefficient (Wildman–Crippen LogP) is -1.54. The highest BCUT2D eigenvalue weighted by molar-refractivity contribution is 5.20. The second kappa shape index (κ2) is 6.94. The molecule has 1 aromatic heterocycles. The van der Waals surface area contributed by atoms with Gasteiger partial charge in [-0.1, -0.05) is 13.3 Å². The minimum absolute atomic E-state index is 0.205. The average molecular weight is 300 g/mol. The van der Waals surface area contributed by atoms with Crippen molar-refractivity contribution in [3.63, 3.8) is 0 Å². The lowest BCUT2D eigenvalue weighted by Crippen LogP contribution is -2.36. The molecule has 1 saturated heterocycles. The largest absolute Gasteiger partial charge is 0.394 e. The fourth-order valence-corrected chi connectivity index (χ4v) is 2.09. The maximum absolute atomic E-state index is 11.9. The van der Waals surface area contributed by atoms with Crippen molar-refractivity contribution in [3.8, 4) is 0 Å². The Morgan fingerprint density at radius 2 is 2.19 bits per heavy atom. The van der Waals surface area contributed by atoms with Crippen LogP contribution in [-0.2, 0) is 4.74 Å². The van der Waals surface area contributed by atoms with Crippen LogP contribution in [0.2, 0.25) is 0 Å². The zero-order chi connectivity index (χ0) is 15.4. The summed E-state index contributed by atoms with van der Waals surface area (Å²) < 4.78 is 6.25. The van der Waals surface area contributed by atoms with Crippen molar-refractivity contribution < 1.29 is 20.1 Å². The number of hydrogen-bond donors (Lipinski definition) is 4. The van der Waals surface area contributed by atoms with E-state index in [0.717, 1.165) is 17.4 Å². The van der Waals surface area contributed by atoms with E-state index >= 15 is 0 Å². The van der Waals surface area contributed by atoms with Crippen LogP contribution in [0, 0.1) is 0 Å². The third-order valence-electron chi connectivity index (χ3n) is 3.33. The molecule has 4 atom stereocenters. The molecule has 118 valence electrons. The van der Waals surface area contributed by atoms with Gasteiger partial charge in [-0.3, -0.25) is 4.57 Å². The van der Waals surface area contributed by atoms with Gasteiger partial charge in [-0.25, -0.2) is 9.78 Å². The van der Waals surface area contributed by atoms with Crippen LogP contribution >= 0.6 is 0 Å². The van der Waals surface area contributed by atoms with Crippen molar-refractivity contribution in [2.45, 2.75) is 44.3 Å². The molecule has 21 heavy (non-hydrogen) atoms. The Kier molecular flexibility index (Phi) is 5.23. The third kappa shape index (κ3) is 3.38. The van der Waals surface area contributed by atoms with Gasteiger partial charge < -0.3 is 25.4 Å². The SMILES string of the molecule is CCCCNc1ncn([C@@H]2O[C@H](CO)[C@@H](O)[C@H]2O)c(=O)n1. The molecule has 0 bridgehead atoms. The summed E-state index contributed by atoms with van der Waals surface area (Å²) in [5.41, 5.74) is -0.654. The molecule has 9 heteroatoms.